The van der Waals surface area contributed by atoms with Gasteiger partial charge in [-0.15, -0.1) is 24.0 Å². The quantitative estimate of drug-likeness (QED) is 0.251. The summed E-state index contributed by atoms with van der Waals surface area (Å²) in [6, 6.07) is 8.74. The number of nitrogens with one attached hydrogen (secondary N) is 2. The van der Waals surface area contributed by atoms with Gasteiger partial charge in [-0.3, -0.25) is 9.79 Å². The predicted molar refractivity (Wildman–Crippen MR) is 131 cm³/mol. The molecule has 1 aliphatic carbocycles. The second-order valence-corrected chi connectivity index (χ2v) is 8.44. The van der Waals surface area contributed by atoms with Crippen LogP contribution in [0, 0.1) is 0 Å². The van der Waals surface area contributed by atoms with Gasteiger partial charge < -0.3 is 15.5 Å². The van der Waals surface area contributed by atoms with Crippen LogP contribution in [0.1, 0.15) is 44.6 Å². The highest BCUT2D eigenvalue weighted by Crippen LogP contribution is 2.29. The molecule has 28 heavy (non-hydrogen) atoms. The largest absolute Gasteiger partial charge is 0.357 e. The van der Waals surface area contributed by atoms with Crippen molar-refractivity contribution in [2.75, 3.05) is 30.8 Å². The number of aliphatic imine (C=N–C) groups is 1. The molecular weight excluding hydrogens is 483 g/mol. The molecule has 5 nitrogen and oxygen atoms in total. The summed E-state index contributed by atoms with van der Waals surface area (Å²) in [6.45, 7) is 4.43. The van der Waals surface area contributed by atoms with E-state index >= 15 is 0 Å². The maximum absolute atomic E-state index is 12.6. The number of guanidine groups is 1. The van der Waals surface area contributed by atoms with Crippen molar-refractivity contribution in [3.63, 3.8) is 0 Å². The van der Waals surface area contributed by atoms with Crippen LogP contribution in [-0.4, -0.2) is 49.0 Å². The third-order valence-electron chi connectivity index (χ3n) is 5.41. The van der Waals surface area contributed by atoms with Gasteiger partial charge in [-0.2, -0.15) is 11.8 Å². The number of carbonyl (C=O) groups is 1. The van der Waals surface area contributed by atoms with E-state index in [4.69, 9.17) is 0 Å². The van der Waals surface area contributed by atoms with Crippen LogP contribution in [0.15, 0.2) is 29.3 Å². The summed E-state index contributed by atoms with van der Waals surface area (Å²) in [5, 5.41) is 7.67. The van der Waals surface area contributed by atoms with E-state index in [-0.39, 0.29) is 29.9 Å². The molecule has 0 aromatic heterocycles. The lowest BCUT2D eigenvalue weighted by atomic mass is 10.2. The standard InChI is InChI=1S/C21H32N4OS.HI/c1-3-22-21(24-17-10-11-18(15-17)27-2)23-13-6-9-20(26)25-14-12-16-7-4-5-8-19(16)25;/h4-5,7-8,17-18H,3,6,9-15H2,1-2H3,(H2,22,23,24);1H. The van der Waals surface area contributed by atoms with Crippen LogP contribution in [0.2, 0.25) is 0 Å². The third kappa shape index (κ3) is 6.27. The molecule has 1 aromatic carbocycles. The summed E-state index contributed by atoms with van der Waals surface area (Å²) in [4.78, 5) is 19.2. The summed E-state index contributed by atoms with van der Waals surface area (Å²) in [6.07, 6.45) is 8.20. The Balaban J connectivity index is 0.00000280. The van der Waals surface area contributed by atoms with E-state index < -0.39 is 0 Å². The number of hydrogen-bond donors (Lipinski definition) is 2. The first-order chi connectivity index (χ1) is 13.2. The molecule has 1 heterocycles. The number of amides is 1. The van der Waals surface area contributed by atoms with Gasteiger partial charge in [0, 0.05) is 43.0 Å². The minimum Gasteiger partial charge on any atom is -0.357 e. The van der Waals surface area contributed by atoms with Gasteiger partial charge in [-0.25, -0.2) is 0 Å². The molecule has 0 saturated heterocycles. The van der Waals surface area contributed by atoms with Crippen molar-refractivity contribution in [2.45, 2.75) is 56.7 Å². The molecule has 156 valence electrons. The lowest BCUT2D eigenvalue weighted by Crippen LogP contribution is -2.42. The van der Waals surface area contributed by atoms with Crippen LogP contribution in [0.25, 0.3) is 0 Å². The minimum atomic E-state index is 0. The molecule has 2 atom stereocenters. The maximum Gasteiger partial charge on any atom is 0.227 e. The van der Waals surface area contributed by atoms with Crippen molar-refractivity contribution in [1.29, 1.82) is 0 Å². The molecule has 1 aromatic rings. The highest BCUT2D eigenvalue weighted by atomic mass is 127. The van der Waals surface area contributed by atoms with Crippen molar-refractivity contribution in [3.05, 3.63) is 29.8 Å². The molecule has 1 saturated carbocycles. The predicted octanol–water partition coefficient (Wildman–Crippen LogP) is 3.81. The topological polar surface area (TPSA) is 56.7 Å². The van der Waals surface area contributed by atoms with Crippen molar-refractivity contribution in [2.24, 2.45) is 4.99 Å². The second kappa shape index (κ2) is 11.9. The average molecular weight is 516 g/mol. The number of nitrogens with zero attached hydrogens (tertiary/aromatic N) is 2. The smallest absolute Gasteiger partial charge is 0.227 e. The fourth-order valence-electron chi connectivity index (χ4n) is 3.95. The molecule has 2 aliphatic rings. The van der Waals surface area contributed by atoms with Gasteiger partial charge in [0.05, 0.1) is 0 Å². The summed E-state index contributed by atoms with van der Waals surface area (Å²) < 4.78 is 0. The molecule has 2 N–H and O–H groups in total. The summed E-state index contributed by atoms with van der Waals surface area (Å²) >= 11 is 1.97. The number of halogens is 1. The van der Waals surface area contributed by atoms with Crippen LogP contribution in [0.5, 0.6) is 0 Å². The molecule has 7 heteroatoms. The molecule has 1 amide bonds. The van der Waals surface area contributed by atoms with Crippen molar-refractivity contribution in [3.8, 4) is 0 Å². The molecule has 0 bridgehead atoms. The minimum absolute atomic E-state index is 0. The van der Waals surface area contributed by atoms with Crippen LogP contribution in [0.4, 0.5) is 5.69 Å². The van der Waals surface area contributed by atoms with Gasteiger partial charge >= 0.3 is 0 Å². The Kier molecular flexibility index (Phi) is 9.91. The Morgan fingerprint density at radius 3 is 2.89 bits per heavy atom. The van der Waals surface area contributed by atoms with Crippen molar-refractivity contribution >= 4 is 53.3 Å². The number of fused-ring (bicyclic) bond motifs is 1. The zero-order valence-corrected chi connectivity index (χ0v) is 20.1. The number of thioether (sulfide) groups is 1. The zero-order chi connectivity index (χ0) is 19.1. The molecule has 1 aliphatic heterocycles. The van der Waals surface area contributed by atoms with E-state index in [1.54, 1.807) is 0 Å². The third-order valence-corrected chi connectivity index (χ3v) is 6.50. The van der Waals surface area contributed by atoms with E-state index in [2.05, 4.69) is 40.9 Å². The molecule has 0 spiro atoms. The highest BCUT2D eigenvalue weighted by molar-refractivity contribution is 14.0. The van der Waals surface area contributed by atoms with Crippen LogP contribution >= 0.6 is 35.7 Å². The Morgan fingerprint density at radius 2 is 2.14 bits per heavy atom. The Bertz CT molecular complexity index is 670. The monoisotopic (exact) mass is 516 g/mol. The summed E-state index contributed by atoms with van der Waals surface area (Å²) in [5.74, 6) is 1.11. The lowest BCUT2D eigenvalue weighted by molar-refractivity contribution is -0.118. The molecular formula is C21H33IN4OS. The van der Waals surface area contributed by atoms with Crippen molar-refractivity contribution in [1.82, 2.24) is 10.6 Å². The number of rotatable bonds is 7. The second-order valence-electron chi connectivity index (χ2n) is 7.30. The van der Waals surface area contributed by atoms with Crippen LogP contribution in [0.3, 0.4) is 0 Å². The first kappa shape index (κ1) is 23.3. The van der Waals surface area contributed by atoms with E-state index in [1.807, 2.05) is 28.8 Å². The highest BCUT2D eigenvalue weighted by Gasteiger charge is 2.25. The lowest BCUT2D eigenvalue weighted by Gasteiger charge is -2.18. The van der Waals surface area contributed by atoms with E-state index in [0.717, 1.165) is 42.8 Å². The van der Waals surface area contributed by atoms with E-state index in [1.165, 1.54) is 24.8 Å². The molecule has 2 unspecified atom stereocenters. The van der Waals surface area contributed by atoms with Crippen LogP contribution in [-0.2, 0) is 11.2 Å². The van der Waals surface area contributed by atoms with Gasteiger partial charge in [-0.1, -0.05) is 18.2 Å². The van der Waals surface area contributed by atoms with E-state index in [9.17, 15) is 4.79 Å². The fraction of sp³-hybridized carbons (Fsp3) is 0.619. The van der Waals surface area contributed by atoms with Gasteiger partial charge in [0.25, 0.3) is 0 Å². The average Bonchev–Trinajstić information content (AvgIpc) is 3.31. The Labute approximate surface area is 190 Å². The SMILES string of the molecule is CCNC(=NCCCC(=O)N1CCc2ccccc21)NC1CCC(SC)C1.I. The normalized spacial score (nSPS) is 21.2. The Hall–Kier alpha value is -0.960. The number of hydrogen-bond acceptors (Lipinski definition) is 3. The molecule has 1 fully saturated rings. The number of anilines is 1. The molecule has 3 rings (SSSR count). The number of para-hydroxylation sites is 1. The number of carbonyl (C=O) groups excluding carboxylic acids is 1. The molecule has 0 radical (unpaired) electrons. The zero-order valence-electron chi connectivity index (χ0n) is 16.9. The summed E-state index contributed by atoms with van der Waals surface area (Å²) in [5.41, 5.74) is 2.37. The van der Waals surface area contributed by atoms with Gasteiger partial charge in [0.15, 0.2) is 5.96 Å². The van der Waals surface area contributed by atoms with Gasteiger partial charge in [-0.05, 0) is 56.9 Å². The van der Waals surface area contributed by atoms with Gasteiger partial charge in [0.2, 0.25) is 5.91 Å². The fourth-order valence-corrected chi connectivity index (χ4v) is 4.75. The van der Waals surface area contributed by atoms with E-state index in [0.29, 0.717) is 19.0 Å². The first-order valence-corrected chi connectivity index (χ1v) is 11.5. The first-order valence-electron chi connectivity index (χ1n) is 10.2. The number of benzene rings is 1. The van der Waals surface area contributed by atoms with Gasteiger partial charge in [0.1, 0.15) is 0 Å². The van der Waals surface area contributed by atoms with Crippen LogP contribution < -0.4 is 15.5 Å². The Morgan fingerprint density at radius 1 is 1.32 bits per heavy atom. The summed E-state index contributed by atoms with van der Waals surface area (Å²) in [7, 11) is 0. The maximum atomic E-state index is 12.6. The van der Waals surface area contributed by atoms with Crippen molar-refractivity contribution < 1.29 is 4.79 Å².